The molecule has 1 rings (SSSR count). The van der Waals surface area contributed by atoms with Crippen molar-refractivity contribution < 1.29 is 4.79 Å². The molecule has 17 heavy (non-hydrogen) atoms. The lowest BCUT2D eigenvalue weighted by Gasteiger charge is -2.09. The lowest BCUT2D eigenvalue weighted by atomic mass is 10.2. The van der Waals surface area contributed by atoms with E-state index in [1.807, 2.05) is 6.92 Å². The molecule has 4 nitrogen and oxygen atoms in total. The van der Waals surface area contributed by atoms with Gasteiger partial charge in [-0.2, -0.15) is 0 Å². The number of anilines is 1. The van der Waals surface area contributed by atoms with Crippen LogP contribution in [-0.4, -0.2) is 11.9 Å². The molecule has 1 aromatic carbocycles. The Balaban J connectivity index is 2.45. The largest absolute Gasteiger partial charge is 0.324 e. The minimum atomic E-state index is -0.431. The zero-order valence-corrected chi connectivity index (χ0v) is 10.5. The zero-order valence-electron chi connectivity index (χ0n) is 9.72. The molecule has 1 aromatic rings. The number of nitrogens with one attached hydrogen (secondary N) is 3. The van der Waals surface area contributed by atoms with Crippen LogP contribution < -0.4 is 10.6 Å². The Labute approximate surface area is 106 Å². The summed E-state index contributed by atoms with van der Waals surface area (Å²) in [5.41, 5.74) is 0.537. The monoisotopic (exact) mass is 253 g/mol. The second kappa shape index (κ2) is 6.91. The highest BCUT2D eigenvalue weighted by Gasteiger charge is 2.06. The first kappa shape index (κ1) is 13.5. The molecule has 0 aliphatic rings. The number of hydrogen-bond acceptors (Lipinski definition) is 2. The maximum absolute atomic E-state index is 11.5. The number of amidine groups is 1. The van der Waals surface area contributed by atoms with E-state index in [-0.39, 0.29) is 5.84 Å². The first-order valence-corrected chi connectivity index (χ1v) is 5.91. The van der Waals surface area contributed by atoms with Crippen molar-refractivity contribution in [3.05, 3.63) is 29.3 Å². The van der Waals surface area contributed by atoms with Crippen LogP contribution in [0.1, 0.15) is 26.2 Å². The standard InChI is InChI=1S/C12H16ClN3O/c1-2-3-8-11(14)16-12(17)15-10-7-5-4-6-9(10)13/h4-7H,2-3,8H2,1H3,(H3,14,15,16,17). The molecule has 0 fully saturated rings. The quantitative estimate of drug-likeness (QED) is 0.557. The molecule has 0 bridgehead atoms. The van der Waals surface area contributed by atoms with Gasteiger partial charge in [0.1, 0.15) is 5.84 Å². The Hall–Kier alpha value is -1.55. The van der Waals surface area contributed by atoms with Gasteiger partial charge in [-0.1, -0.05) is 37.1 Å². The van der Waals surface area contributed by atoms with Gasteiger partial charge >= 0.3 is 6.03 Å². The van der Waals surface area contributed by atoms with Gasteiger partial charge in [0.05, 0.1) is 10.7 Å². The fraction of sp³-hybridized carbons (Fsp3) is 0.333. The lowest BCUT2D eigenvalue weighted by molar-refractivity contribution is 0.256. The number of rotatable bonds is 4. The van der Waals surface area contributed by atoms with E-state index in [1.165, 1.54) is 0 Å². The van der Waals surface area contributed by atoms with Gasteiger partial charge in [-0.15, -0.1) is 0 Å². The molecule has 0 aliphatic carbocycles. The molecular weight excluding hydrogens is 238 g/mol. The van der Waals surface area contributed by atoms with Crippen LogP contribution in [-0.2, 0) is 0 Å². The van der Waals surface area contributed by atoms with Crippen molar-refractivity contribution in [1.29, 1.82) is 5.41 Å². The molecule has 0 atom stereocenters. The summed E-state index contributed by atoms with van der Waals surface area (Å²) in [5, 5.41) is 13.1. The number of carbonyl (C=O) groups is 1. The van der Waals surface area contributed by atoms with Gasteiger partial charge in [-0.25, -0.2) is 4.79 Å². The molecule has 0 saturated carbocycles. The summed E-state index contributed by atoms with van der Waals surface area (Å²) in [7, 11) is 0. The molecule has 0 aromatic heterocycles. The average Bonchev–Trinajstić information content (AvgIpc) is 2.29. The molecule has 5 heteroatoms. The molecule has 0 radical (unpaired) electrons. The maximum Gasteiger partial charge on any atom is 0.324 e. The third-order valence-electron chi connectivity index (χ3n) is 2.17. The van der Waals surface area contributed by atoms with Crippen LogP contribution in [0.3, 0.4) is 0 Å². The van der Waals surface area contributed by atoms with Crippen molar-refractivity contribution >= 4 is 29.2 Å². The zero-order chi connectivity index (χ0) is 12.7. The molecule has 0 unspecified atom stereocenters. The van der Waals surface area contributed by atoms with E-state index < -0.39 is 6.03 Å². The highest BCUT2D eigenvalue weighted by atomic mass is 35.5. The molecular formula is C12H16ClN3O. The van der Waals surface area contributed by atoms with Gasteiger partial charge in [0.25, 0.3) is 0 Å². The van der Waals surface area contributed by atoms with Crippen molar-refractivity contribution in [2.45, 2.75) is 26.2 Å². The van der Waals surface area contributed by atoms with Gasteiger partial charge in [-0.3, -0.25) is 10.7 Å². The van der Waals surface area contributed by atoms with Crippen LogP contribution in [0, 0.1) is 5.41 Å². The number of unbranched alkanes of at least 4 members (excludes halogenated alkanes) is 1. The minimum absolute atomic E-state index is 0.219. The predicted octanol–water partition coefficient (Wildman–Crippen LogP) is 3.63. The number of carbonyl (C=O) groups excluding carboxylic acids is 1. The molecule has 3 N–H and O–H groups in total. The topological polar surface area (TPSA) is 65.0 Å². The Morgan fingerprint density at radius 1 is 1.41 bits per heavy atom. The van der Waals surface area contributed by atoms with Crippen LogP contribution in [0.5, 0.6) is 0 Å². The second-order valence-corrected chi connectivity index (χ2v) is 4.05. The second-order valence-electron chi connectivity index (χ2n) is 3.64. The lowest BCUT2D eigenvalue weighted by Crippen LogP contribution is -2.33. The molecule has 0 spiro atoms. The summed E-state index contributed by atoms with van der Waals surface area (Å²) in [5.74, 6) is 0.219. The van der Waals surface area contributed by atoms with Crippen molar-refractivity contribution in [3.63, 3.8) is 0 Å². The van der Waals surface area contributed by atoms with E-state index in [2.05, 4.69) is 10.6 Å². The summed E-state index contributed by atoms with van der Waals surface area (Å²) < 4.78 is 0. The molecule has 0 heterocycles. The van der Waals surface area contributed by atoms with E-state index >= 15 is 0 Å². The highest BCUT2D eigenvalue weighted by molar-refractivity contribution is 6.33. The van der Waals surface area contributed by atoms with Crippen molar-refractivity contribution in [3.8, 4) is 0 Å². The number of halogens is 1. The Morgan fingerprint density at radius 2 is 2.12 bits per heavy atom. The van der Waals surface area contributed by atoms with E-state index in [9.17, 15) is 4.79 Å². The van der Waals surface area contributed by atoms with Crippen LogP contribution in [0.25, 0.3) is 0 Å². The fourth-order valence-electron chi connectivity index (χ4n) is 1.27. The number of urea groups is 1. The summed E-state index contributed by atoms with van der Waals surface area (Å²) in [4.78, 5) is 11.5. The summed E-state index contributed by atoms with van der Waals surface area (Å²) in [6.45, 7) is 2.04. The van der Waals surface area contributed by atoms with Crippen molar-refractivity contribution in [2.75, 3.05) is 5.32 Å². The first-order valence-electron chi connectivity index (χ1n) is 5.53. The molecule has 0 aliphatic heterocycles. The SMILES string of the molecule is CCCCC(=N)NC(=O)Nc1ccccc1Cl. The third kappa shape index (κ3) is 4.87. The highest BCUT2D eigenvalue weighted by Crippen LogP contribution is 2.19. The van der Waals surface area contributed by atoms with E-state index in [0.717, 1.165) is 12.8 Å². The molecule has 2 amide bonds. The maximum atomic E-state index is 11.5. The smallest absolute Gasteiger partial charge is 0.306 e. The van der Waals surface area contributed by atoms with Gasteiger partial charge in [0, 0.05) is 6.42 Å². The third-order valence-corrected chi connectivity index (χ3v) is 2.50. The Kier molecular flexibility index (Phi) is 5.49. The van der Waals surface area contributed by atoms with Crippen molar-refractivity contribution in [1.82, 2.24) is 5.32 Å². The van der Waals surface area contributed by atoms with Crippen LogP contribution in [0.4, 0.5) is 10.5 Å². The summed E-state index contributed by atoms with van der Waals surface area (Å²) in [6.07, 6.45) is 2.47. The number of hydrogen-bond donors (Lipinski definition) is 3. The molecule has 92 valence electrons. The number of amides is 2. The Morgan fingerprint density at radius 3 is 2.76 bits per heavy atom. The van der Waals surface area contributed by atoms with Crippen LogP contribution in [0.15, 0.2) is 24.3 Å². The number of para-hydroxylation sites is 1. The van der Waals surface area contributed by atoms with E-state index in [4.69, 9.17) is 17.0 Å². The fourth-order valence-corrected chi connectivity index (χ4v) is 1.45. The van der Waals surface area contributed by atoms with Crippen LogP contribution in [0.2, 0.25) is 5.02 Å². The minimum Gasteiger partial charge on any atom is -0.306 e. The number of benzene rings is 1. The van der Waals surface area contributed by atoms with Gasteiger partial charge in [0.15, 0.2) is 0 Å². The Bertz CT molecular complexity index is 406. The van der Waals surface area contributed by atoms with Gasteiger partial charge in [-0.05, 0) is 18.6 Å². The normalized spacial score (nSPS) is 9.76. The van der Waals surface area contributed by atoms with E-state index in [0.29, 0.717) is 17.1 Å². The van der Waals surface area contributed by atoms with Gasteiger partial charge in [0.2, 0.25) is 0 Å². The first-order chi connectivity index (χ1) is 8.13. The summed E-state index contributed by atoms with van der Waals surface area (Å²) in [6, 6.07) is 6.54. The van der Waals surface area contributed by atoms with E-state index in [1.54, 1.807) is 24.3 Å². The van der Waals surface area contributed by atoms with Crippen molar-refractivity contribution in [2.24, 2.45) is 0 Å². The predicted molar refractivity (Wildman–Crippen MR) is 70.9 cm³/mol. The average molecular weight is 254 g/mol. The van der Waals surface area contributed by atoms with Crippen LogP contribution >= 0.6 is 11.6 Å². The summed E-state index contributed by atoms with van der Waals surface area (Å²) >= 11 is 5.89. The molecule has 0 saturated heterocycles. The van der Waals surface area contributed by atoms with Gasteiger partial charge < -0.3 is 5.32 Å².